The third-order valence-electron chi connectivity index (χ3n) is 26.4. The standard InChI is InChI=1S/C30H48O2.C30H46O2/c2*1-19(2)20-10-15-30(18-31)17-16-28(6)21(25(20)30)8-9-23-27(5)13-12-24(32)26(3,4)22(27)11-14-29(23,28)7/h20-23,25,31H,1,8-18H2,2-7H3;18,20-23,25H,1,8-17H2,2-7H3/t2*20-,21?,22?,23?,25?,27-,28+,29+,30+/m00/s1. The Hall–Kier alpha value is -1.55. The maximum atomic E-state index is 12.9. The van der Waals surface area contributed by atoms with Crippen LogP contribution in [0.5, 0.6) is 0 Å². The Bertz CT molecular complexity index is 1960. The summed E-state index contributed by atoms with van der Waals surface area (Å²) in [6.07, 6.45) is 24.6. The van der Waals surface area contributed by atoms with Crippen molar-refractivity contribution in [3.05, 3.63) is 24.3 Å². The quantitative estimate of drug-likeness (QED) is 0.226. The van der Waals surface area contributed by atoms with E-state index >= 15 is 0 Å². The van der Waals surface area contributed by atoms with Crippen molar-refractivity contribution in [2.45, 2.75) is 212 Å². The number of ketones is 2. The highest BCUT2D eigenvalue weighted by Gasteiger charge is 2.73. The molecule has 0 saturated heterocycles. The predicted molar refractivity (Wildman–Crippen MR) is 261 cm³/mol. The largest absolute Gasteiger partial charge is 0.396 e. The van der Waals surface area contributed by atoms with E-state index in [1.165, 1.54) is 101 Å². The molecule has 0 aromatic carbocycles. The number of aldehydes is 1. The molecular weight excluding hydrogens is 785 g/mol. The van der Waals surface area contributed by atoms with Gasteiger partial charge < -0.3 is 9.90 Å². The van der Waals surface area contributed by atoms with E-state index < -0.39 is 0 Å². The zero-order chi connectivity index (χ0) is 46.6. The molecule has 4 nitrogen and oxygen atoms in total. The van der Waals surface area contributed by atoms with E-state index in [1.54, 1.807) is 0 Å². The molecule has 0 spiro atoms. The summed E-state index contributed by atoms with van der Waals surface area (Å²) >= 11 is 0. The summed E-state index contributed by atoms with van der Waals surface area (Å²) in [5, 5.41) is 10.6. The SMILES string of the molecule is C=C(C)[C@@H]1CC[C@]2(C=O)CC[C@]3(C)C(CCC4[C@@]5(C)CCC(=O)C(C)(C)C5CC[C@]43C)C12.C=C(C)[C@@H]1CC[C@]2(CO)CC[C@]3(C)C(CCC4[C@@]5(C)CCC(=O)C(C)(C)C5CC[C@]43C)C12. The van der Waals surface area contributed by atoms with E-state index in [0.717, 1.165) is 44.9 Å². The van der Waals surface area contributed by atoms with E-state index in [9.17, 15) is 19.5 Å². The van der Waals surface area contributed by atoms with Gasteiger partial charge in [-0.3, -0.25) is 9.59 Å². The van der Waals surface area contributed by atoms with Gasteiger partial charge in [-0.25, -0.2) is 0 Å². The predicted octanol–water partition coefficient (Wildman–Crippen LogP) is 14.6. The molecule has 10 fully saturated rings. The molecular formula is C60H94O4. The van der Waals surface area contributed by atoms with E-state index in [4.69, 9.17) is 0 Å². The number of carbonyl (C=O) groups excluding carboxylic acids is 3. The van der Waals surface area contributed by atoms with Crippen LogP contribution in [0.25, 0.3) is 0 Å². The van der Waals surface area contributed by atoms with Gasteiger partial charge in [0.1, 0.15) is 17.9 Å². The molecule has 10 rings (SSSR count). The van der Waals surface area contributed by atoms with Crippen molar-refractivity contribution in [3.8, 4) is 0 Å². The molecule has 0 radical (unpaired) electrons. The average Bonchev–Trinajstić information content (AvgIpc) is 3.83. The number of aliphatic hydroxyl groups is 1. The van der Waals surface area contributed by atoms with Crippen molar-refractivity contribution < 1.29 is 19.5 Å². The van der Waals surface area contributed by atoms with Gasteiger partial charge >= 0.3 is 0 Å². The van der Waals surface area contributed by atoms with Crippen molar-refractivity contribution in [2.24, 2.45) is 113 Å². The second kappa shape index (κ2) is 15.0. The average molecular weight is 879 g/mol. The van der Waals surface area contributed by atoms with Crippen molar-refractivity contribution in [1.82, 2.24) is 0 Å². The van der Waals surface area contributed by atoms with Crippen molar-refractivity contribution in [2.75, 3.05) is 6.61 Å². The van der Waals surface area contributed by atoms with Gasteiger partial charge in [0.25, 0.3) is 0 Å². The van der Waals surface area contributed by atoms with Gasteiger partial charge in [0.2, 0.25) is 0 Å². The topological polar surface area (TPSA) is 71.4 Å². The van der Waals surface area contributed by atoms with Crippen LogP contribution in [0.3, 0.4) is 0 Å². The van der Waals surface area contributed by atoms with Gasteiger partial charge in [0.15, 0.2) is 0 Å². The molecule has 18 atom stereocenters. The molecule has 10 aliphatic carbocycles. The number of allylic oxidation sites excluding steroid dienone is 2. The lowest BCUT2D eigenvalue weighted by atomic mass is 9.32. The van der Waals surface area contributed by atoms with Crippen LogP contribution in [0.2, 0.25) is 0 Å². The summed E-state index contributed by atoms with van der Waals surface area (Å²) in [5.74, 6) is 6.98. The minimum Gasteiger partial charge on any atom is -0.396 e. The minimum atomic E-state index is -0.179. The van der Waals surface area contributed by atoms with Crippen molar-refractivity contribution in [1.29, 1.82) is 0 Å². The molecule has 0 heterocycles. The molecule has 0 aromatic heterocycles. The Morgan fingerprint density at radius 3 is 1.41 bits per heavy atom. The summed E-state index contributed by atoms with van der Waals surface area (Å²) in [4.78, 5) is 38.4. The van der Waals surface area contributed by atoms with Gasteiger partial charge in [-0.15, -0.1) is 0 Å². The fourth-order valence-corrected chi connectivity index (χ4v) is 22.6. The van der Waals surface area contributed by atoms with Gasteiger partial charge in [-0.1, -0.05) is 93.5 Å². The Kier molecular flexibility index (Phi) is 11.1. The van der Waals surface area contributed by atoms with E-state index in [2.05, 4.69) is 96.2 Å². The summed E-state index contributed by atoms with van der Waals surface area (Å²) in [7, 11) is 0. The number of hydrogen-bond acceptors (Lipinski definition) is 4. The van der Waals surface area contributed by atoms with Crippen LogP contribution in [0.15, 0.2) is 24.3 Å². The van der Waals surface area contributed by atoms with Crippen LogP contribution in [0.1, 0.15) is 212 Å². The summed E-state index contributed by atoms with van der Waals surface area (Å²) < 4.78 is 0. The number of Topliss-reactive ketones (excluding diaryl/α,β-unsaturated/α-hetero) is 2. The summed E-state index contributed by atoms with van der Waals surface area (Å²) in [6.45, 7) is 38.3. The van der Waals surface area contributed by atoms with E-state index in [1.807, 2.05) is 0 Å². The normalized spacial score (nSPS) is 54.1. The molecule has 10 saturated carbocycles. The molecule has 8 unspecified atom stereocenters. The van der Waals surface area contributed by atoms with Crippen LogP contribution in [-0.4, -0.2) is 29.6 Å². The first-order valence-corrected chi connectivity index (χ1v) is 27.2. The number of hydrogen-bond donors (Lipinski definition) is 1. The number of rotatable bonds is 4. The third kappa shape index (κ3) is 5.89. The summed E-state index contributed by atoms with van der Waals surface area (Å²) in [5.41, 5.74) is 4.15. The molecule has 10 aliphatic rings. The maximum absolute atomic E-state index is 12.9. The number of carbonyl (C=O) groups is 3. The lowest BCUT2D eigenvalue weighted by Crippen LogP contribution is -2.66. The van der Waals surface area contributed by atoms with Crippen LogP contribution < -0.4 is 0 Å². The Labute approximate surface area is 391 Å². The highest BCUT2D eigenvalue weighted by molar-refractivity contribution is 5.86. The smallest absolute Gasteiger partial charge is 0.138 e. The van der Waals surface area contributed by atoms with Gasteiger partial charge in [-0.05, 0) is 227 Å². The molecule has 1 N–H and O–H groups in total. The molecule has 64 heavy (non-hydrogen) atoms. The van der Waals surface area contributed by atoms with Gasteiger partial charge in [0.05, 0.1) is 0 Å². The Morgan fingerprint density at radius 1 is 0.516 bits per heavy atom. The fourth-order valence-electron chi connectivity index (χ4n) is 22.6. The van der Waals surface area contributed by atoms with Crippen LogP contribution in [0.4, 0.5) is 0 Å². The second-order valence-corrected chi connectivity index (χ2v) is 28.5. The van der Waals surface area contributed by atoms with Gasteiger partial charge in [0, 0.05) is 35.7 Å². The molecule has 4 heteroatoms. The zero-order valence-corrected chi connectivity index (χ0v) is 43.3. The molecule has 0 bridgehead atoms. The number of aliphatic hydroxyl groups excluding tert-OH is 1. The van der Waals surface area contributed by atoms with Crippen LogP contribution in [-0.2, 0) is 14.4 Å². The molecule has 0 aromatic rings. The lowest BCUT2D eigenvalue weighted by Gasteiger charge is -2.72. The minimum absolute atomic E-state index is 0.0999. The highest BCUT2D eigenvalue weighted by atomic mass is 16.3. The third-order valence-corrected chi connectivity index (χ3v) is 26.4. The zero-order valence-electron chi connectivity index (χ0n) is 43.3. The monoisotopic (exact) mass is 879 g/mol. The Morgan fingerprint density at radius 2 is 0.953 bits per heavy atom. The van der Waals surface area contributed by atoms with Crippen molar-refractivity contribution >= 4 is 17.9 Å². The number of fused-ring (bicyclic) bond motifs is 14. The maximum Gasteiger partial charge on any atom is 0.138 e. The molecule has 0 amide bonds. The highest BCUT2D eigenvalue weighted by Crippen LogP contribution is 2.79. The fraction of sp³-hybridized carbons (Fsp3) is 0.883. The van der Waals surface area contributed by atoms with Crippen molar-refractivity contribution in [3.63, 3.8) is 0 Å². The lowest BCUT2D eigenvalue weighted by molar-refractivity contribution is -0.236. The molecule has 0 aliphatic heterocycles. The van der Waals surface area contributed by atoms with Gasteiger partial charge in [-0.2, -0.15) is 0 Å². The molecule has 358 valence electrons. The second-order valence-electron chi connectivity index (χ2n) is 28.5. The first-order valence-electron chi connectivity index (χ1n) is 27.2. The van der Waals surface area contributed by atoms with Crippen LogP contribution >= 0.6 is 0 Å². The van der Waals surface area contributed by atoms with E-state index in [-0.39, 0.29) is 37.9 Å². The van der Waals surface area contributed by atoms with E-state index in [0.29, 0.717) is 93.6 Å². The summed E-state index contributed by atoms with van der Waals surface area (Å²) in [6, 6.07) is 0. The first-order chi connectivity index (χ1) is 29.7. The first kappa shape index (κ1) is 47.5. The van der Waals surface area contributed by atoms with Crippen LogP contribution in [0, 0.1) is 113 Å². The Balaban J connectivity index is 0.000000162.